The summed E-state index contributed by atoms with van der Waals surface area (Å²) < 4.78 is 5.44. The van der Waals surface area contributed by atoms with Crippen LogP contribution in [0.1, 0.15) is 34.1 Å². The second-order valence-electron chi connectivity index (χ2n) is 6.97. The lowest BCUT2D eigenvalue weighted by Gasteiger charge is -2.30. The lowest BCUT2D eigenvalue weighted by molar-refractivity contribution is 0.102. The average molecular weight is 356 g/mol. The first kappa shape index (κ1) is 16.6. The van der Waals surface area contributed by atoms with E-state index in [1.165, 1.54) is 16.9 Å². The Bertz CT molecular complexity index is 765. The van der Waals surface area contributed by atoms with Gasteiger partial charge in [-0.15, -0.1) is 11.3 Å². The van der Waals surface area contributed by atoms with Crippen molar-refractivity contribution in [2.45, 2.75) is 26.2 Å². The molecule has 1 aromatic heterocycles. The number of para-hydroxylation sites is 2. The summed E-state index contributed by atoms with van der Waals surface area (Å²) in [4.78, 5) is 16.6. The van der Waals surface area contributed by atoms with E-state index in [0.717, 1.165) is 62.0 Å². The van der Waals surface area contributed by atoms with E-state index in [1.807, 2.05) is 23.6 Å². The number of morpholine rings is 1. The van der Waals surface area contributed by atoms with Crippen molar-refractivity contribution in [1.29, 1.82) is 0 Å². The van der Waals surface area contributed by atoms with Gasteiger partial charge in [-0.2, -0.15) is 0 Å². The zero-order valence-corrected chi connectivity index (χ0v) is 15.4. The van der Waals surface area contributed by atoms with Crippen LogP contribution in [0.3, 0.4) is 0 Å². The van der Waals surface area contributed by atoms with E-state index in [1.54, 1.807) is 11.3 Å². The number of carbonyl (C=O) groups is 1. The first-order chi connectivity index (χ1) is 12.2. The molecule has 5 heteroatoms. The SMILES string of the molecule is C[C@@H]1CCc2c(C(=O)Nc3ccccc3N3CCOCC3)csc2C1. The van der Waals surface area contributed by atoms with Gasteiger partial charge in [-0.1, -0.05) is 19.1 Å². The van der Waals surface area contributed by atoms with Crippen molar-refractivity contribution >= 4 is 28.6 Å². The Kier molecular flexibility index (Phi) is 4.77. The molecule has 2 heterocycles. The van der Waals surface area contributed by atoms with Crippen molar-refractivity contribution in [2.24, 2.45) is 5.92 Å². The number of benzene rings is 1. The number of nitrogens with zero attached hydrogens (tertiary/aromatic N) is 1. The molecule has 2 aromatic rings. The van der Waals surface area contributed by atoms with Gasteiger partial charge in [0.05, 0.1) is 30.2 Å². The maximum absolute atomic E-state index is 12.9. The predicted octanol–water partition coefficient (Wildman–Crippen LogP) is 3.96. The lowest BCUT2D eigenvalue weighted by Crippen LogP contribution is -2.36. The van der Waals surface area contributed by atoms with Crippen LogP contribution in [0.5, 0.6) is 0 Å². The van der Waals surface area contributed by atoms with Crippen molar-refractivity contribution in [1.82, 2.24) is 0 Å². The number of hydrogen-bond donors (Lipinski definition) is 1. The molecule has 0 spiro atoms. The molecular formula is C20H24N2O2S. The van der Waals surface area contributed by atoms with Gasteiger partial charge in [-0.25, -0.2) is 0 Å². The summed E-state index contributed by atoms with van der Waals surface area (Å²) in [6, 6.07) is 8.06. The molecule has 1 aliphatic heterocycles. The van der Waals surface area contributed by atoms with E-state index < -0.39 is 0 Å². The maximum atomic E-state index is 12.9. The van der Waals surface area contributed by atoms with Gasteiger partial charge in [0.15, 0.2) is 0 Å². The number of fused-ring (bicyclic) bond motifs is 1. The van der Waals surface area contributed by atoms with Gasteiger partial charge in [0.2, 0.25) is 0 Å². The zero-order valence-electron chi connectivity index (χ0n) is 14.6. The third-order valence-corrected chi connectivity index (χ3v) is 6.20. The quantitative estimate of drug-likeness (QED) is 0.905. The molecule has 0 saturated carbocycles. The summed E-state index contributed by atoms with van der Waals surface area (Å²) >= 11 is 1.74. The minimum absolute atomic E-state index is 0.0211. The summed E-state index contributed by atoms with van der Waals surface area (Å²) in [6.45, 7) is 5.48. The molecule has 1 N–H and O–H groups in total. The molecule has 132 valence electrons. The maximum Gasteiger partial charge on any atom is 0.256 e. The number of thiophene rings is 1. The van der Waals surface area contributed by atoms with Gasteiger partial charge in [-0.05, 0) is 42.9 Å². The molecule has 0 unspecified atom stereocenters. The van der Waals surface area contributed by atoms with Crippen LogP contribution in [0.2, 0.25) is 0 Å². The summed E-state index contributed by atoms with van der Waals surface area (Å²) in [7, 11) is 0. The van der Waals surface area contributed by atoms with E-state index in [2.05, 4.69) is 23.2 Å². The Morgan fingerprint density at radius 3 is 2.92 bits per heavy atom. The van der Waals surface area contributed by atoms with Crippen LogP contribution in [-0.4, -0.2) is 32.2 Å². The van der Waals surface area contributed by atoms with Crippen LogP contribution in [0.15, 0.2) is 29.6 Å². The number of amides is 1. The van der Waals surface area contributed by atoms with Crippen LogP contribution in [0.4, 0.5) is 11.4 Å². The fraction of sp³-hybridized carbons (Fsp3) is 0.450. The number of hydrogen-bond acceptors (Lipinski definition) is 4. The monoisotopic (exact) mass is 356 g/mol. The first-order valence-electron chi connectivity index (χ1n) is 9.04. The lowest BCUT2D eigenvalue weighted by atomic mass is 9.88. The van der Waals surface area contributed by atoms with Crippen molar-refractivity contribution in [2.75, 3.05) is 36.5 Å². The summed E-state index contributed by atoms with van der Waals surface area (Å²) in [5, 5.41) is 5.19. The minimum Gasteiger partial charge on any atom is -0.378 e. The highest BCUT2D eigenvalue weighted by molar-refractivity contribution is 7.10. The molecule has 4 rings (SSSR count). The van der Waals surface area contributed by atoms with Gasteiger partial charge in [0, 0.05) is 23.3 Å². The molecule has 1 aliphatic carbocycles. The van der Waals surface area contributed by atoms with E-state index in [-0.39, 0.29) is 5.91 Å². The zero-order chi connectivity index (χ0) is 17.2. The molecule has 2 aliphatic rings. The van der Waals surface area contributed by atoms with Gasteiger partial charge >= 0.3 is 0 Å². The van der Waals surface area contributed by atoms with Crippen LogP contribution in [0.25, 0.3) is 0 Å². The highest BCUT2D eigenvalue weighted by Crippen LogP contribution is 2.34. The Hall–Kier alpha value is -1.85. The van der Waals surface area contributed by atoms with Gasteiger partial charge in [-0.3, -0.25) is 4.79 Å². The van der Waals surface area contributed by atoms with Gasteiger partial charge in [0.1, 0.15) is 0 Å². The fourth-order valence-corrected chi connectivity index (χ4v) is 4.96. The van der Waals surface area contributed by atoms with Crippen LogP contribution < -0.4 is 10.2 Å². The van der Waals surface area contributed by atoms with Gasteiger partial charge in [0.25, 0.3) is 5.91 Å². The first-order valence-corrected chi connectivity index (χ1v) is 9.92. The summed E-state index contributed by atoms with van der Waals surface area (Å²) in [6.07, 6.45) is 3.31. The third-order valence-electron chi connectivity index (χ3n) is 5.15. The molecule has 4 nitrogen and oxygen atoms in total. The standard InChI is InChI=1S/C20H24N2O2S/c1-14-6-7-15-16(13-25-19(15)12-14)20(23)21-17-4-2-3-5-18(17)22-8-10-24-11-9-22/h2-5,13-14H,6-12H2,1H3,(H,21,23)/t14-/m1/s1. The van der Waals surface area contributed by atoms with E-state index >= 15 is 0 Å². The van der Waals surface area contributed by atoms with Crippen molar-refractivity contribution in [3.63, 3.8) is 0 Å². The highest BCUT2D eigenvalue weighted by atomic mass is 32.1. The Balaban J connectivity index is 1.56. The smallest absolute Gasteiger partial charge is 0.256 e. The Morgan fingerprint density at radius 2 is 2.08 bits per heavy atom. The third kappa shape index (κ3) is 3.44. The van der Waals surface area contributed by atoms with Crippen LogP contribution in [0, 0.1) is 5.92 Å². The fourth-order valence-electron chi connectivity index (χ4n) is 3.72. The molecule has 1 atom stereocenters. The molecule has 0 bridgehead atoms. The Labute approximate surface area is 152 Å². The van der Waals surface area contributed by atoms with Crippen molar-refractivity contribution < 1.29 is 9.53 Å². The topological polar surface area (TPSA) is 41.6 Å². The summed E-state index contributed by atoms with van der Waals surface area (Å²) in [5.41, 5.74) is 4.10. The van der Waals surface area contributed by atoms with E-state index in [0.29, 0.717) is 0 Å². The normalized spacial score (nSPS) is 20.2. The molecule has 0 radical (unpaired) electrons. The average Bonchev–Trinajstić information content (AvgIpc) is 3.06. The van der Waals surface area contributed by atoms with Crippen LogP contribution in [-0.2, 0) is 17.6 Å². The second-order valence-corrected chi connectivity index (χ2v) is 7.93. The number of nitrogens with one attached hydrogen (secondary N) is 1. The molecule has 1 aromatic carbocycles. The Morgan fingerprint density at radius 1 is 1.28 bits per heavy atom. The molecule has 1 amide bonds. The number of rotatable bonds is 3. The number of anilines is 2. The second kappa shape index (κ2) is 7.18. The highest BCUT2D eigenvalue weighted by Gasteiger charge is 2.24. The number of carbonyl (C=O) groups excluding carboxylic acids is 1. The predicted molar refractivity (Wildman–Crippen MR) is 103 cm³/mol. The minimum atomic E-state index is 0.0211. The molecular weight excluding hydrogens is 332 g/mol. The van der Waals surface area contributed by atoms with E-state index in [4.69, 9.17) is 4.74 Å². The largest absolute Gasteiger partial charge is 0.378 e. The van der Waals surface area contributed by atoms with Crippen molar-refractivity contribution in [3.05, 3.63) is 45.6 Å². The van der Waals surface area contributed by atoms with E-state index in [9.17, 15) is 4.79 Å². The van der Waals surface area contributed by atoms with Crippen LogP contribution >= 0.6 is 11.3 Å². The molecule has 1 saturated heterocycles. The summed E-state index contributed by atoms with van der Waals surface area (Å²) in [5.74, 6) is 0.747. The van der Waals surface area contributed by atoms with Crippen molar-refractivity contribution in [3.8, 4) is 0 Å². The molecule has 25 heavy (non-hydrogen) atoms. The number of ether oxygens (including phenoxy) is 1. The van der Waals surface area contributed by atoms with Gasteiger partial charge < -0.3 is 15.0 Å². The molecule has 1 fully saturated rings.